The molecule has 0 bridgehead atoms. The van der Waals surface area contributed by atoms with Crippen LogP contribution in [0.2, 0.25) is 0 Å². The maximum absolute atomic E-state index is 12.5. The van der Waals surface area contributed by atoms with Crippen molar-refractivity contribution in [1.29, 1.82) is 0 Å². The Morgan fingerprint density at radius 3 is 2.89 bits per heavy atom. The lowest BCUT2D eigenvalue weighted by Gasteiger charge is -2.23. The maximum atomic E-state index is 12.5. The van der Waals surface area contributed by atoms with E-state index in [2.05, 4.69) is 5.10 Å². The average Bonchev–Trinajstić information content (AvgIpc) is 3.01. The molecule has 0 saturated heterocycles. The molecule has 1 aromatic carbocycles. The van der Waals surface area contributed by atoms with Crippen LogP contribution < -0.4 is 4.90 Å². The Balaban J connectivity index is 2.00. The Hall–Kier alpha value is -2.14. The van der Waals surface area contributed by atoms with E-state index in [1.54, 1.807) is 28.9 Å². The molecule has 1 aliphatic rings. The number of rotatable bonds is 2. The summed E-state index contributed by atoms with van der Waals surface area (Å²) in [6.45, 7) is -0.0484. The number of aliphatic hydroxyl groups excluding tert-OH is 1. The molecule has 0 aliphatic carbocycles. The number of carbonyl (C=O) groups is 1. The molecule has 1 N–H and O–H groups in total. The maximum Gasteiger partial charge on any atom is 0.279 e. The number of hydrogen-bond acceptors (Lipinski definition) is 3. The fraction of sp³-hybridized carbons (Fsp3) is 0.286. The van der Waals surface area contributed by atoms with Crippen molar-refractivity contribution in [3.8, 4) is 0 Å². The predicted octanol–water partition coefficient (Wildman–Crippen LogP) is 0.984. The molecular weight excluding hydrogens is 242 g/mol. The summed E-state index contributed by atoms with van der Waals surface area (Å²) in [6.07, 6.45) is 2.43. The molecule has 1 atom stereocenters. The van der Waals surface area contributed by atoms with Crippen LogP contribution in [0.5, 0.6) is 0 Å². The van der Waals surface area contributed by atoms with Crippen molar-refractivity contribution < 1.29 is 9.90 Å². The second kappa shape index (κ2) is 4.51. The summed E-state index contributed by atoms with van der Waals surface area (Å²) >= 11 is 0. The number of para-hydroxylation sites is 1. The molecule has 1 aliphatic heterocycles. The summed E-state index contributed by atoms with van der Waals surface area (Å²) in [7, 11) is 1.78. The van der Waals surface area contributed by atoms with Crippen molar-refractivity contribution in [2.24, 2.45) is 7.05 Å². The first-order chi connectivity index (χ1) is 9.20. The van der Waals surface area contributed by atoms with Gasteiger partial charge in [-0.05, 0) is 24.1 Å². The smallest absolute Gasteiger partial charge is 0.279 e. The van der Waals surface area contributed by atoms with Crippen LogP contribution in [0, 0.1) is 0 Å². The van der Waals surface area contributed by atoms with Crippen LogP contribution in [0.25, 0.3) is 0 Å². The SMILES string of the molecule is Cn1ccc(C(=O)N2c3ccccc3CC2CO)n1. The van der Waals surface area contributed by atoms with Gasteiger partial charge >= 0.3 is 0 Å². The van der Waals surface area contributed by atoms with Gasteiger partial charge in [-0.25, -0.2) is 0 Å². The van der Waals surface area contributed by atoms with E-state index in [1.165, 1.54) is 0 Å². The number of amides is 1. The van der Waals surface area contributed by atoms with Gasteiger partial charge in [-0.3, -0.25) is 9.48 Å². The number of aliphatic hydroxyl groups is 1. The normalized spacial score (nSPS) is 17.6. The lowest BCUT2D eigenvalue weighted by atomic mass is 10.1. The minimum absolute atomic E-state index is 0.0484. The van der Waals surface area contributed by atoms with Gasteiger partial charge in [0.05, 0.1) is 12.6 Å². The Morgan fingerprint density at radius 1 is 1.42 bits per heavy atom. The van der Waals surface area contributed by atoms with Crippen molar-refractivity contribution in [2.45, 2.75) is 12.5 Å². The first-order valence-electron chi connectivity index (χ1n) is 6.22. The number of hydrogen-bond donors (Lipinski definition) is 1. The minimum atomic E-state index is -0.202. The van der Waals surface area contributed by atoms with Crippen LogP contribution in [0.15, 0.2) is 36.5 Å². The second-order valence-corrected chi connectivity index (χ2v) is 4.72. The molecular formula is C14H15N3O2. The number of benzene rings is 1. The molecule has 0 fully saturated rings. The molecule has 98 valence electrons. The summed E-state index contributed by atoms with van der Waals surface area (Å²) in [5.41, 5.74) is 2.36. The molecule has 5 nitrogen and oxygen atoms in total. The third-order valence-electron chi connectivity index (χ3n) is 3.43. The monoisotopic (exact) mass is 257 g/mol. The molecule has 2 heterocycles. The molecule has 19 heavy (non-hydrogen) atoms. The molecule has 0 saturated carbocycles. The lowest BCUT2D eigenvalue weighted by molar-refractivity contribution is 0.0962. The van der Waals surface area contributed by atoms with Crippen LogP contribution in [-0.2, 0) is 13.5 Å². The third-order valence-corrected chi connectivity index (χ3v) is 3.43. The Bertz CT molecular complexity index is 621. The van der Waals surface area contributed by atoms with Crippen LogP contribution >= 0.6 is 0 Å². The van der Waals surface area contributed by atoms with Gasteiger partial charge in [0.1, 0.15) is 0 Å². The molecule has 3 rings (SSSR count). The van der Waals surface area contributed by atoms with E-state index in [-0.39, 0.29) is 18.6 Å². The number of fused-ring (bicyclic) bond motifs is 1. The van der Waals surface area contributed by atoms with E-state index < -0.39 is 0 Å². The zero-order valence-corrected chi connectivity index (χ0v) is 10.7. The highest BCUT2D eigenvalue weighted by Gasteiger charge is 2.34. The highest BCUT2D eigenvalue weighted by molar-refractivity contribution is 6.06. The molecule has 0 spiro atoms. The summed E-state index contributed by atoms with van der Waals surface area (Å²) in [4.78, 5) is 14.2. The average molecular weight is 257 g/mol. The van der Waals surface area contributed by atoms with E-state index in [9.17, 15) is 9.90 Å². The van der Waals surface area contributed by atoms with Crippen LogP contribution in [0.4, 0.5) is 5.69 Å². The highest BCUT2D eigenvalue weighted by Crippen LogP contribution is 2.32. The van der Waals surface area contributed by atoms with Gasteiger partial charge in [0, 0.05) is 18.9 Å². The van der Waals surface area contributed by atoms with Crippen molar-refractivity contribution in [3.05, 3.63) is 47.8 Å². The Kier molecular flexibility index (Phi) is 2.83. The number of carbonyl (C=O) groups excluding carboxylic acids is 1. The van der Waals surface area contributed by atoms with E-state index in [1.807, 2.05) is 24.3 Å². The summed E-state index contributed by atoms with van der Waals surface area (Å²) in [6, 6.07) is 9.24. The van der Waals surface area contributed by atoms with Crippen molar-refractivity contribution >= 4 is 11.6 Å². The fourth-order valence-corrected chi connectivity index (χ4v) is 2.53. The van der Waals surface area contributed by atoms with Crippen molar-refractivity contribution in [1.82, 2.24) is 9.78 Å². The first-order valence-corrected chi connectivity index (χ1v) is 6.22. The summed E-state index contributed by atoms with van der Waals surface area (Å²) in [5.74, 6) is -0.162. The van der Waals surface area contributed by atoms with Gasteiger partial charge < -0.3 is 10.0 Å². The van der Waals surface area contributed by atoms with Gasteiger partial charge in [0.25, 0.3) is 5.91 Å². The standard InChI is InChI=1S/C14H15N3O2/c1-16-7-6-12(15-16)14(19)17-11(9-18)8-10-4-2-3-5-13(10)17/h2-7,11,18H,8-9H2,1H3. The first kappa shape index (κ1) is 11.9. The van der Waals surface area contributed by atoms with Crippen molar-refractivity contribution in [2.75, 3.05) is 11.5 Å². The Labute approximate surface area is 111 Å². The molecule has 5 heteroatoms. The zero-order valence-electron chi connectivity index (χ0n) is 10.7. The minimum Gasteiger partial charge on any atom is -0.394 e. The van der Waals surface area contributed by atoms with Crippen LogP contribution in [-0.4, -0.2) is 33.4 Å². The topological polar surface area (TPSA) is 58.4 Å². The third kappa shape index (κ3) is 1.92. The van der Waals surface area contributed by atoms with Gasteiger partial charge in [-0.2, -0.15) is 5.10 Å². The highest BCUT2D eigenvalue weighted by atomic mass is 16.3. The number of anilines is 1. The largest absolute Gasteiger partial charge is 0.394 e. The van der Waals surface area contributed by atoms with E-state index >= 15 is 0 Å². The molecule has 1 unspecified atom stereocenters. The lowest BCUT2D eigenvalue weighted by Crippen LogP contribution is -2.40. The molecule has 1 aromatic heterocycles. The molecule has 0 radical (unpaired) electrons. The predicted molar refractivity (Wildman–Crippen MR) is 71.0 cm³/mol. The number of aryl methyl sites for hydroxylation is 1. The summed E-state index contributed by atoms with van der Waals surface area (Å²) < 4.78 is 1.60. The van der Waals surface area contributed by atoms with Gasteiger partial charge in [-0.15, -0.1) is 0 Å². The van der Waals surface area contributed by atoms with E-state index in [0.717, 1.165) is 11.3 Å². The van der Waals surface area contributed by atoms with E-state index in [0.29, 0.717) is 12.1 Å². The van der Waals surface area contributed by atoms with Crippen LogP contribution in [0.3, 0.4) is 0 Å². The van der Waals surface area contributed by atoms with E-state index in [4.69, 9.17) is 0 Å². The van der Waals surface area contributed by atoms with Crippen LogP contribution in [0.1, 0.15) is 16.1 Å². The number of nitrogens with zero attached hydrogens (tertiary/aromatic N) is 3. The summed E-state index contributed by atoms with van der Waals surface area (Å²) in [5, 5.41) is 13.6. The number of aromatic nitrogens is 2. The van der Waals surface area contributed by atoms with Gasteiger partial charge in [0.2, 0.25) is 0 Å². The second-order valence-electron chi connectivity index (χ2n) is 4.72. The van der Waals surface area contributed by atoms with Crippen molar-refractivity contribution in [3.63, 3.8) is 0 Å². The quantitative estimate of drug-likeness (QED) is 0.872. The fourth-order valence-electron chi connectivity index (χ4n) is 2.53. The Morgan fingerprint density at radius 2 is 2.21 bits per heavy atom. The molecule has 2 aromatic rings. The van der Waals surface area contributed by atoms with Gasteiger partial charge in [0.15, 0.2) is 5.69 Å². The zero-order chi connectivity index (χ0) is 13.4. The molecule has 1 amide bonds. The van der Waals surface area contributed by atoms with Gasteiger partial charge in [-0.1, -0.05) is 18.2 Å².